The van der Waals surface area contributed by atoms with Crippen LogP contribution in [0.15, 0.2) is 0 Å². The SMILES string of the molecule is CC(C)(C)OC=O.COCCOCCNN. The van der Waals surface area contributed by atoms with Crippen molar-refractivity contribution < 1.29 is 19.0 Å². The Hall–Kier alpha value is -0.690. The number of hydrogen-bond acceptors (Lipinski definition) is 6. The van der Waals surface area contributed by atoms with E-state index in [1.54, 1.807) is 7.11 Å². The van der Waals surface area contributed by atoms with Crippen LogP contribution in [0, 0.1) is 0 Å². The predicted molar refractivity (Wildman–Crippen MR) is 61.8 cm³/mol. The Bertz CT molecular complexity index is 142. The van der Waals surface area contributed by atoms with Gasteiger partial charge in [0.15, 0.2) is 0 Å². The highest BCUT2D eigenvalue weighted by molar-refractivity contribution is 5.37. The molecular weight excluding hydrogens is 212 g/mol. The van der Waals surface area contributed by atoms with Gasteiger partial charge in [-0.25, -0.2) is 0 Å². The van der Waals surface area contributed by atoms with Gasteiger partial charge in [-0.05, 0) is 20.8 Å². The number of ether oxygens (including phenoxy) is 3. The Morgan fingerprint density at radius 1 is 1.25 bits per heavy atom. The number of carbonyl (C=O) groups is 1. The number of nitrogens with one attached hydrogen (secondary N) is 1. The molecule has 0 aromatic heterocycles. The zero-order valence-electron chi connectivity index (χ0n) is 10.6. The summed E-state index contributed by atoms with van der Waals surface area (Å²) in [5.41, 5.74) is 2.16. The van der Waals surface area contributed by atoms with Crippen LogP contribution in [0.4, 0.5) is 0 Å². The van der Waals surface area contributed by atoms with E-state index in [2.05, 4.69) is 10.2 Å². The van der Waals surface area contributed by atoms with Crippen molar-refractivity contribution in [3.63, 3.8) is 0 Å². The number of hydrogen-bond donors (Lipinski definition) is 2. The molecule has 0 spiro atoms. The summed E-state index contributed by atoms with van der Waals surface area (Å²) in [6, 6.07) is 0. The molecule has 0 aliphatic carbocycles. The summed E-state index contributed by atoms with van der Waals surface area (Å²) in [6.45, 7) is 8.52. The average molecular weight is 236 g/mol. The number of nitrogens with two attached hydrogens (primary N) is 1. The zero-order valence-corrected chi connectivity index (χ0v) is 10.6. The van der Waals surface area contributed by atoms with Crippen molar-refractivity contribution in [3.8, 4) is 0 Å². The van der Waals surface area contributed by atoms with Crippen LogP contribution in [0.1, 0.15) is 20.8 Å². The van der Waals surface area contributed by atoms with Crippen LogP contribution in [0.25, 0.3) is 0 Å². The van der Waals surface area contributed by atoms with Crippen LogP contribution in [0.2, 0.25) is 0 Å². The molecule has 0 aliphatic heterocycles. The van der Waals surface area contributed by atoms with Gasteiger partial charge in [-0.2, -0.15) is 0 Å². The molecule has 6 nitrogen and oxygen atoms in total. The fraction of sp³-hybridized carbons (Fsp3) is 0.900. The van der Waals surface area contributed by atoms with Gasteiger partial charge in [0.2, 0.25) is 0 Å². The average Bonchev–Trinajstić information content (AvgIpc) is 2.17. The van der Waals surface area contributed by atoms with Crippen molar-refractivity contribution in [1.29, 1.82) is 0 Å². The van der Waals surface area contributed by atoms with Crippen molar-refractivity contribution >= 4 is 6.47 Å². The molecule has 0 aliphatic rings. The van der Waals surface area contributed by atoms with E-state index in [0.29, 0.717) is 32.8 Å². The maximum absolute atomic E-state index is 9.60. The fourth-order valence-corrected chi connectivity index (χ4v) is 0.520. The third-order valence-electron chi connectivity index (χ3n) is 1.22. The Kier molecular flexibility index (Phi) is 13.7. The van der Waals surface area contributed by atoms with E-state index in [4.69, 9.17) is 15.3 Å². The van der Waals surface area contributed by atoms with Gasteiger partial charge in [0.05, 0.1) is 19.8 Å². The second-order valence-electron chi connectivity index (χ2n) is 3.89. The minimum Gasteiger partial charge on any atom is -0.462 e. The van der Waals surface area contributed by atoms with Crippen LogP contribution in [0.3, 0.4) is 0 Å². The van der Waals surface area contributed by atoms with Gasteiger partial charge in [0, 0.05) is 13.7 Å². The molecule has 3 N–H and O–H groups in total. The lowest BCUT2D eigenvalue weighted by Crippen LogP contribution is -2.26. The van der Waals surface area contributed by atoms with E-state index < -0.39 is 0 Å². The van der Waals surface area contributed by atoms with Gasteiger partial charge in [0.25, 0.3) is 6.47 Å². The molecule has 0 fully saturated rings. The summed E-state index contributed by atoms with van der Waals surface area (Å²) in [7, 11) is 1.64. The van der Waals surface area contributed by atoms with Gasteiger partial charge < -0.3 is 14.2 Å². The quantitative estimate of drug-likeness (QED) is 0.282. The van der Waals surface area contributed by atoms with Crippen LogP contribution in [-0.2, 0) is 19.0 Å². The highest BCUT2D eigenvalue weighted by Crippen LogP contribution is 2.02. The molecule has 0 amide bonds. The normalized spacial score (nSPS) is 10.3. The molecule has 0 atom stereocenters. The summed E-state index contributed by atoms with van der Waals surface area (Å²) in [5, 5.41) is 0. The summed E-state index contributed by atoms with van der Waals surface area (Å²) in [5.74, 6) is 4.98. The molecule has 0 bridgehead atoms. The largest absolute Gasteiger partial charge is 0.462 e. The predicted octanol–water partition coefficient (Wildman–Crippen LogP) is 0.0706. The Balaban J connectivity index is 0. The van der Waals surface area contributed by atoms with E-state index >= 15 is 0 Å². The van der Waals surface area contributed by atoms with Crippen LogP contribution >= 0.6 is 0 Å². The summed E-state index contributed by atoms with van der Waals surface area (Å²) in [4.78, 5) is 9.60. The second kappa shape index (κ2) is 12.4. The number of hydrazine groups is 1. The van der Waals surface area contributed by atoms with E-state index in [1.165, 1.54) is 0 Å². The molecule has 0 unspecified atom stereocenters. The minimum atomic E-state index is -0.318. The Labute approximate surface area is 97.4 Å². The maximum atomic E-state index is 9.60. The molecular formula is C10H24N2O4. The molecule has 0 saturated carbocycles. The lowest BCUT2D eigenvalue weighted by atomic mass is 10.2. The smallest absolute Gasteiger partial charge is 0.293 e. The van der Waals surface area contributed by atoms with E-state index in [-0.39, 0.29) is 5.60 Å². The minimum absolute atomic E-state index is 0.318. The van der Waals surface area contributed by atoms with Crippen molar-refractivity contribution in [2.75, 3.05) is 33.5 Å². The van der Waals surface area contributed by atoms with Gasteiger partial charge in [0.1, 0.15) is 5.60 Å². The molecule has 16 heavy (non-hydrogen) atoms. The van der Waals surface area contributed by atoms with Crippen molar-refractivity contribution in [2.24, 2.45) is 5.84 Å². The molecule has 6 heteroatoms. The summed E-state index contributed by atoms with van der Waals surface area (Å²) in [6.07, 6.45) is 0. The van der Waals surface area contributed by atoms with E-state index in [9.17, 15) is 4.79 Å². The number of rotatable bonds is 7. The highest BCUT2D eigenvalue weighted by Gasteiger charge is 2.07. The Morgan fingerprint density at radius 2 is 1.88 bits per heavy atom. The topological polar surface area (TPSA) is 82.8 Å². The number of methoxy groups -OCH3 is 1. The first-order valence-electron chi connectivity index (χ1n) is 5.09. The highest BCUT2D eigenvalue weighted by atomic mass is 16.5. The third-order valence-corrected chi connectivity index (χ3v) is 1.22. The molecule has 0 rings (SSSR count). The van der Waals surface area contributed by atoms with Crippen molar-refractivity contribution in [2.45, 2.75) is 26.4 Å². The maximum Gasteiger partial charge on any atom is 0.293 e. The van der Waals surface area contributed by atoms with Crippen molar-refractivity contribution in [3.05, 3.63) is 0 Å². The van der Waals surface area contributed by atoms with E-state index in [1.807, 2.05) is 20.8 Å². The van der Waals surface area contributed by atoms with Crippen LogP contribution in [-0.4, -0.2) is 45.5 Å². The zero-order chi connectivity index (χ0) is 12.9. The van der Waals surface area contributed by atoms with Gasteiger partial charge in [-0.1, -0.05) is 0 Å². The molecule has 98 valence electrons. The fourth-order valence-electron chi connectivity index (χ4n) is 0.520. The molecule has 0 saturated heterocycles. The molecule has 0 radical (unpaired) electrons. The number of carbonyl (C=O) groups excluding carboxylic acids is 1. The Morgan fingerprint density at radius 3 is 2.19 bits per heavy atom. The lowest BCUT2D eigenvalue weighted by molar-refractivity contribution is -0.138. The van der Waals surface area contributed by atoms with Gasteiger partial charge in [-0.15, -0.1) is 0 Å². The monoisotopic (exact) mass is 236 g/mol. The van der Waals surface area contributed by atoms with Gasteiger partial charge >= 0.3 is 0 Å². The van der Waals surface area contributed by atoms with Crippen molar-refractivity contribution in [1.82, 2.24) is 5.43 Å². The van der Waals surface area contributed by atoms with Crippen LogP contribution < -0.4 is 11.3 Å². The van der Waals surface area contributed by atoms with Gasteiger partial charge in [-0.3, -0.25) is 16.1 Å². The van der Waals surface area contributed by atoms with Crippen LogP contribution in [0.5, 0.6) is 0 Å². The molecule has 0 aromatic rings. The summed E-state index contributed by atoms with van der Waals surface area (Å²) < 4.78 is 14.3. The summed E-state index contributed by atoms with van der Waals surface area (Å²) >= 11 is 0. The third kappa shape index (κ3) is 23.3. The lowest BCUT2D eigenvalue weighted by Gasteiger charge is -2.14. The first kappa shape index (κ1) is 17.7. The molecule has 0 heterocycles. The second-order valence-corrected chi connectivity index (χ2v) is 3.89. The first-order valence-corrected chi connectivity index (χ1v) is 5.09. The first-order chi connectivity index (χ1) is 7.47. The molecule has 0 aromatic carbocycles. The van der Waals surface area contributed by atoms with E-state index in [0.717, 1.165) is 0 Å². The standard InChI is InChI=1S/C5H14N2O2.C5H10O2/c1-8-4-5-9-3-2-7-6;1-5(2,3)7-4-6/h7H,2-6H2,1H3;4H,1-3H3.